The second-order valence-corrected chi connectivity index (χ2v) is 8.09. The Morgan fingerprint density at radius 1 is 0.943 bits per heavy atom. The lowest BCUT2D eigenvalue weighted by atomic mass is 10.1. The molecule has 1 heterocycles. The first-order valence-corrected chi connectivity index (χ1v) is 11.2. The SMILES string of the molecule is COc1cc(NC(=O)c2ccccc2Cl)c(C(=O)OCC(=O)N2CCc3ccccc32)cc1OC. The summed E-state index contributed by atoms with van der Waals surface area (Å²) < 4.78 is 15.9. The molecule has 35 heavy (non-hydrogen) atoms. The number of carbonyl (C=O) groups excluding carboxylic acids is 3. The van der Waals surface area contributed by atoms with Crippen molar-refractivity contribution in [2.24, 2.45) is 0 Å². The average molecular weight is 495 g/mol. The number of anilines is 2. The van der Waals surface area contributed by atoms with E-state index in [1.165, 1.54) is 26.4 Å². The molecule has 0 aliphatic carbocycles. The first-order valence-electron chi connectivity index (χ1n) is 10.8. The molecule has 9 heteroatoms. The second kappa shape index (κ2) is 10.5. The van der Waals surface area contributed by atoms with Gasteiger partial charge < -0.3 is 24.4 Å². The minimum Gasteiger partial charge on any atom is -0.493 e. The number of hydrogen-bond donors (Lipinski definition) is 1. The van der Waals surface area contributed by atoms with Crippen molar-refractivity contribution in [2.75, 3.05) is 37.6 Å². The molecule has 0 atom stereocenters. The van der Waals surface area contributed by atoms with E-state index < -0.39 is 18.5 Å². The van der Waals surface area contributed by atoms with E-state index >= 15 is 0 Å². The number of amides is 2. The molecule has 3 aromatic rings. The molecule has 8 nitrogen and oxygen atoms in total. The Morgan fingerprint density at radius 3 is 2.37 bits per heavy atom. The number of nitrogens with zero attached hydrogens (tertiary/aromatic N) is 1. The summed E-state index contributed by atoms with van der Waals surface area (Å²) in [6.45, 7) is 0.0602. The summed E-state index contributed by atoms with van der Waals surface area (Å²) in [5.74, 6) is -1.12. The average Bonchev–Trinajstić information content (AvgIpc) is 3.31. The van der Waals surface area contributed by atoms with Crippen LogP contribution in [-0.4, -0.2) is 45.2 Å². The number of benzene rings is 3. The molecule has 0 unspecified atom stereocenters. The number of esters is 1. The fraction of sp³-hybridized carbons (Fsp3) is 0.192. The highest BCUT2D eigenvalue weighted by molar-refractivity contribution is 6.34. The molecule has 180 valence electrons. The monoisotopic (exact) mass is 494 g/mol. The molecule has 2 amide bonds. The predicted octanol–water partition coefficient (Wildman–Crippen LogP) is 4.36. The molecule has 1 aliphatic heterocycles. The maximum atomic E-state index is 13.0. The topological polar surface area (TPSA) is 94.2 Å². The van der Waals surface area contributed by atoms with Gasteiger partial charge in [-0.05, 0) is 30.2 Å². The van der Waals surface area contributed by atoms with E-state index in [2.05, 4.69) is 5.32 Å². The summed E-state index contributed by atoms with van der Waals surface area (Å²) in [5.41, 5.74) is 2.23. The van der Waals surface area contributed by atoms with Crippen molar-refractivity contribution in [3.05, 3.63) is 82.4 Å². The van der Waals surface area contributed by atoms with Crippen LogP contribution in [0.4, 0.5) is 11.4 Å². The fourth-order valence-electron chi connectivity index (χ4n) is 3.87. The molecular formula is C26H23ClN2O6. The van der Waals surface area contributed by atoms with Crippen LogP contribution in [0.1, 0.15) is 26.3 Å². The molecule has 1 aliphatic rings. The van der Waals surface area contributed by atoms with Crippen LogP contribution in [0.25, 0.3) is 0 Å². The van der Waals surface area contributed by atoms with Crippen LogP contribution < -0.4 is 19.7 Å². The number of ether oxygens (including phenoxy) is 3. The number of para-hydroxylation sites is 1. The third kappa shape index (κ3) is 5.07. The van der Waals surface area contributed by atoms with Gasteiger partial charge in [-0.15, -0.1) is 0 Å². The number of nitrogens with one attached hydrogen (secondary N) is 1. The summed E-state index contributed by atoms with van der Waals surface area (Å²) in [4.78, 5) is 40.2. The van der Waals surface area contributed by atoms with Crippen molar-refractivity contribution in [3.8, 4) is 11.5 Å². The lowest BCUT2D eigenvalue weighted by Crippen LogP contribution is -2.33. The normalized spacial score (nSPS) is 12.0. The minimum absolute atomic E-state index is 0.00215. The van der Waals surface area contributed by atoms with Gasteiger partial charge in [0.25, 0.3) is 11.8 Å². The van der Waals surface area contributed by atoms with Crippen LogP contribution in [0.2, 0.25) is 5.02 Å². The fourth-order valence-corrected chi connectivity index (χ4v) is 4.09. The van der Waals surface area contributed by atoms with E-state index in [1.807, 2.05) is 24.3 Å². The van der Waals surface area contributed by atoms with Gasteiger partial charge in [0.2, 0.25) is 0 Å². The third-order valence-electron chi connectivity index (χ3n) is 5.63. The Kier molecular flexibility index (Phi) is 7.22. The van der Waals surface area contributed by atoms with Gasteiger partial charge in [0.15, 0.2) is 18.1 Å². The maximum absolute atomic E-state index is 13.0. The Balaban J connectivity index is 1.55. The van der Waals surface area contributed by atoms with Crippen molar-refractivity contribution in [1.29, 1.82) is 0 Å². The first kappa shape index (κ1) is 24.1. The van der Waals surface area contributed by atoms with E-state index in [0.29, 0.717) is 12.3 Å². The van der Waals surface area contributed by atoms with Crippen LogP contribution in [0.15, 0.2) is 60.7 Å². The zero-order valence-corrected chi connectivity index (χ0v) is 19.9. The highest BCUT2D eigenvalue weighted by Crippen LogP contribution is 2.34. The molecule has 0 saturated carbocycles. The Bertz CT molecular complexity index is 1290. The number of methoxy groups -OCH3 is 2. The molecule has 1 N–H and O–H groups in total. The molecule has 0 bridgehead atoms. The van der Waals surface area contributed by atoms with Crippen LogP contribution in [0.3, 0.4) is 0 Å². The number of hydrogen-bond acceptors (Lipinski definition) is 6. The highest BCUT2D eigenvalue weighted by atomic mass is 35.5. The molecule has 4 rings (SSSR count). The molecule has 0 radical (unpaired) electrons. The van der Waals surface area contributed by atoms with Gasteiger partial charge in [-0.25, -0.2) is 4.79 Å². The zero-order valence-electron chi connectivity index (χ0n) is 19.2. The predicted molar refractivity (Wildman–Crippen MR) is 132 cm³/mol. The number of rotatable bonds is 7. The van der Waals surface area contributed by atoms with Crippen LogP contribution in [0.5, 0.6) is 11.5 Å². The van der Waals surface area contributed by atoms with Crippen molar-refractivity contribution in [3.63, 3.8) is 0 Å². The van der Waals surface area contributed by atoms with Gasteiger partial charge in [-0.2, -0.15) is 0 Å². The van der Waals surface area contributed by atoms with Gasteiger partial charge in [0.1, 0.15) is 0 Å². The van der Waals surface area contributed by atoms with E-state index in [1.54, 1.807) is 29.2 Å². The summed E-state index contributed by atoms with van der Waals surface area (Å²) in [6.07, 6.45) is 0.740. The van der Waals surface area contributed by atoms with Gasteiger partial charge in [-0.3, -0.25) is 9.59 Å². The Hall–Kier alpha value is -4.04. The van der Waals surface area contributed by atoms with Gasteiger partial charge in [0, 0.05) is 24.4 Å². The number of halogens is 1. The lowest BCUT2D eigenvalue weighted by Gasteiger charge is -2.18. The Labute approximate surface area is 207 Å². The number of fused-ring (bicyclic) bond motifs is 1. The molecule has 3 aromatic carbocycles. The first-order chi connectivity index (χ1) is 16.9. The smallest absolute Gasteiger partial charge is 0.340 e. The van der Waals surface area contributed by atoms with Gasteiger partial charge in [-0.1, -0.05) is 41.9 Å². The van der Waals surface area contributed by atoms with Crippen molar-refractivity contribution < 1.29 is 28.6 Å². The van der Waals surface area contributed by atoms with Crippen LogP contribution >= 0.6 is 11.6 Å². The molecule has 0 saturated heterocycles. The van der Waals surface area contributed by atoms with Crippen LogP contribution in [0, 0.1) is 0 Å². The van der Waals surface area contributed by atoms with Crippen LogP contribution in [-0.2, 0) is 16.0 Å². The Morgan fingerprint density at radius 2 is 1.63 bits per heavy atom. The standard InChI is InChI=1S/C26H23ClN2O6/c1-33-22-13-18(20(14-23(22)34-2)28-25(31)17-8-4-5-9-19(17)27)26(32)35-15-24(30)29-12-11-16-7-3-6-10-21(16)29/h3-10,13-14H,11-12,15H2,1-2H3,(H,28,31). The third-order valence-corrected chi connectivity index (χ3v) is 5.95. The van der Waals surface area contributed by atoms with Gasteiger partial charge in [0.05, 0.1) is 36.1 Å². The van der Waals surface area contributed by atoms with E-state index in [4.69, 9.17) is 25.8 Å². The quantitative estimate of drug-likeness (QED) is 0.491. The maximum Gasteiger partial charge on any atom is 0.340 e. The summed E-state index contributed by atoms with van der Waals surface area (Å²) in [7, 11) is 2.85. The van der Waals surface area contributed by atoms with E-state index in [0.717, 1.165) is 17.7 Å². The van der Waals surface area contributed by atoms with Gasteiger partial charge >= 0.3 is 5.97 Å². The van der Waals surface area contributed by atoms with Crippen molar-refractivity contribution >= 4 is 40.8 Å². The largest absolute Gasteiger partial charge is 0.493 e. The summed E-state index contributed by atoms with van der Waals surface area (Å²) in [6, 6.07) is 17.0. The second-order valence-electron chi connectivity index (χ2n) is 7.69. The zero-order chi connectivity index (χ0) is 24.9. The molecular weight excluding hydrogens is 472 g/mol. The number of carbonyl (C=O) groups is 3. The minimum atomic E-state index is -0.804. The highest BCUT2D eigenvalue weighted by Gasteiger charge is 2.26. The van der Waals surface area contributed by atoms with Crippen molar-refractivity contribution in [2.45, 2.75) is 6.42 Å². The summed E-state index contributed by atoms with van der Waals surface area (Å²) in [5, 5.41) is 2.93. The van der Waals surface area contributed by atoms with E-state index in [9.17, 15) is 14.4 Å². The summed E-state index contributed by atoms with van der Waals surface area (Å²) >= 11 is 6.14. The lowest BCUT2D eigenvalue weighted by molar-refractivity contribution is -0.121. The van der Waals surface area contributed by atoms with Crippen molar-refractivity contribution in [1.82, 2.24) is 0 Å². The van der Waals surface area contributed by atoms with E-state index in [-0.39, 0.29) is 33.5 Å². The molecule has 0 spiro atoms. The molecule has 0 aromatic heterocycles. The molecule has 0 fully saturated rings.